The van der Waals surface area contributed by atoms with Crippen LogP contribution in [0.4, 0.5) is 10.1 Å². The molecule has 2 aromatic carbocycles. The van der Waals surface area contributed by atoms with Gasteiger partial charge in [-0.3, -0.25) is 0 Å². The molecule has 4 heteroatoms. The molecule has 0 aromatic heterocycles. The van der Waals surface area contributed by atoms with Crippen molar-refractivity contribution >= 4 is 17.3 Å². The Morgan fingerprint density at radius 1 is 1.18 bits per heavy atom. The fourth-order valence-electron chi connectivity index (χ4n) is 1.61. The summed E-state index contributed by atoms with van der Waals surface area (Å²) in [7, 11) is 1.53. The lowest BCUT2D eigenvalue weighted by molar-refractivity contribution is 0.415. The van der Waals surface area contributed by atoms with Crippen LogP contribution in [0.15, 0.2) is 36.4 Å². The van der Waals surface area contributed by atoms with Gasteiger partial charge in [0.2, 0.25) is 0 Å². The minimum absolute atomic E-state index is 0.330. The van der Waals surface area contributed by atoms with Crippen molar-refractivity contribution in [2.24, 2.45) is 0 Å². The van der Waals surface area contributed by atoms with Crippen molar-refractivity contribution in [2.45, 2.75) is 0 Å². The Hall–Kier alpha value is -1.74. The Labute approximate surface area is 104 Å². The summed E-state index contributed by atoms with van der Waals surface area (Å²) in [6.45, 7) is 0. The Bertz CT molecular complexity index is 557. The van der Waals surface area contributed by atoms with Crippen molar-refractivity contribution in [1.82, 2.24) is 0 Å². The number of nitrogens with two attached hydrogens (primary N) is 1. The Balaban J connectivity index is 2.56. The molecule has 0 radical (unpaired) electrons. The first kappa shape index (κ1) is 11.7. The number of ether oxygens (including phenoxy) is 1. The molecule has 0 aliphatic carbocycles. The minimum atomic E-state index is -0.330. The van der Waals surface area contributed by atoms with E-state index in [1.54, 1.807) is 18.2 Å². The molecule has 2 N–H and O–H groups in total. The summed E-state index contributed by atoms with van der Waals surface area (Å²) in [4.78, 5) is 0. The third-order valence-electron chi connectivity index (χ3n) is 2.48. The molecule has 88 valence electrons. The van der Waals surface area contributed by atoms with Gasteiger partial charge in [-0.05, 0) is 35.9 Å². The lowest BCUT2D eigenvalue weighted by Gasteiger charge is -2.09. The van der Waals surface area contributed by atoms with Crippen molar-refractivity contribution in [3.05, 3.63) is 47.2 Å². The average Bonchev–Trinajstić information content (AvgIpc) is 2.33. The van der Waals surface area contributed by atoms with E-state index in [1.165, 1.54) is 25.3 Å². The third-order valence-corrected chi connectivity index (χ3v) is 2.79. The van der Waals surface area contributed by atoms with E-state index in [9.17, 15) is 4.39 Å². The minimum Gasteiger partial charge on any atom is -0.495 e. The van der Waals surface area contributed by atoms with E-state index in [-0.39, 0.29) is 5.82 Å². The van der Waals surface area contributed by atoms with Gasteiger partial charge in [0.05, 0.1) is 12.1 Å². The van der Waals surface area contributed by atoms with Crippen LogP contribution in [0.5, 0.6) is 5.75 Å². The highest BCUT2D eigenvalue weighted by atomic mass is 35.5. The van der Waals surface area contributed by atoms with Gasteiger partial charge >= 0.3 is 0 Å². The van der Waals surface area contributed by atoms with Crippen LogP contribution in [-0.2, 0) is 0 Å². The summed E-state index contributed by atoms with van der Waals surface area (Å²) in [5.74, 6) is 0.205. The van der Waals surface area contributed by atoms with Gasteiger partial charge in [-0.1, -0.05) is 17.7 Å². The van der Waals surface area contributed by atoms with Crippen LogP contribution in [0, 0.1) is 5.82 Å². The molecule has 0 aliphatic rings. The van der Waals surface area contributed by atoms with E-state index < -0.39 is 0 Å². The van der Waals surface area contributed by atoms with Crippen LogP contribution in [0.1, 0.15) is 0 Å². The third kappa shape index (κ3) is 2.34. The summed E-state index contributed by atoms with van der Waals surface area (Å²) in [6, 6.07) is 9.44. The van der Waals surface area contributed by atoms with E-state index in [0.29, 0.717) is 22.0 Å². The summed E-state index contributed by atoms with van der Waals surface area (Å²) in [5, 5.41) is 0.506. The van der Waals surface area contributed by atoms with E-state index in [1.807, 2.05) is 0 Å². The molecule has 0 heterocycles. The highest BCUT2D eigenvalue weighted by molar-refractivity contribution is 6.32. The maximum atomic E-state index is 13.2. The molecule has 0 fully saturated rings. The number of hydrogen-bond acceptors (Lipinski definition) is 2. The predicted molar refractivity (Wildman–Crippen MR) is 67.8 cm³/mol. The first-order valence-corrected chi connectivity index (χ1v) is 5.38. The van der Waals surface area contributed by atoms with E-state index in [0.717, 1.165) is 5.56 Å². The zero-order valence-corrected chi connectivity index (χ0v) is 9.96. The molecule has 0 saturated heterocycles. The second kappa shape index (κ2) is 4.63. The van der Waals surface area contributed by atoms with Gasteiger partial charge in [0.25, 0.3) is 0 Å². The Morgan fingerprint density at radius 2 is 1.94 bits per heavy atom. The lowest BCUT2D eigenvalue weighted by Crippen LogP contribution is -1.92. The maximum Gasteiger partial charge on any atom is 0.138 e. The number of rotatable bonds is 2. The number of anilines is 1. The van der Waals surface area contributed by atoms with E-state index in [2.05, 4.69) is 0 Å². The lowest BCUT2D eigenvalue weighted by atomic mass is 10.0. The zero-order chi connectivity index (χ0) is 12.4. The SMILES string of the molecule is COc1cc(-c2cc(F)ccc2N)ccc1Cl. The maximum absolute atomic E-state index is 13.2. The van der Waals surface area contributed by atoms with Gasteiger partial charge in [-0.15, -0.1) is 0 Å². The monoisotopic (exact) mass is 251 g/mol. The van der Waals surface area contributed by atoms with Crippen molar-refractivity contribution in [3.8, 4) is 16.9 Å². The normalized spacial score (nSPS) is 10.3. The van der Waals surface area contributed by atoms with Gasteiger partial charge in [-0.25, -0.2) is 4.39 Å². The van der Waals surface area contributed by atoms with Gasteiger partial charge in [0.1, 0.15) is 11.6 Å². The van der Waals surface area contributed by atoms with Crippen molar-refractivity contribution in [1.29, 1.82) is 0 Å². The number of methoxy groups -OCH3 is 1. The van der Waals surface area contributed by atoms with Crippen LogP contribution in [0.25, 0.3) is 11.1 Å². The standard InChI is InChI=1S/C13H11ClFNO/c1-17-13-6-8(2-4-11(13)14)10-7-9(15)3-5-12(10)16/h2-7H,16H2,1H3. The molecule has 0 bridgehead atoms. The van der Waals surface area contributed by atoms with E-state index >= 15 is 0 Å². The fraction of sp³-hybridized carbons (Fsp3) is 0.0769. The average molecular weight is 252 g/mol. The van der Waals surface area contributed by atoms with Gasteiger partial charge in [0, 0.05) is 11.3 Å². The van der Waals surface area contributed by atoms with Crippen LogP contribution in [0.3, 0.4) is 0 Å². The van der Waals surface area contributed by atoms with Crippen LogP contribution >= 0.6 is 11.6 Å². The first-order valence-electron chi connectivity index (χ1n) is 5.01. The van der Waals surface area contributed by atoms with Crippen LogP contribution < -0.4 is 10.5 Å². The first-order chi connectivity index (χ1) is 8.11. The molecule has 17 heavy (non-hydrogen) atoms. The summed E-state index contributed by atoms with van der Waals surface area (Å²) in [5.41, 5.74) is 7.71. The zero-order valence-electron chi connectivity index (χ0n) is 9.21. The van der Waals surface area contributed by atoms with Crippen LogP contribution in [0.2, 0.25) is 5.02 Å². The molecule has 2 rings (SSSR count). The van der Waals surface area contributed by atoms with Gasteiger partial charge in [0.15, 0.2) is 0 Å². The van der Waals surface area contributed by atoms with E-state index in [4.69, 9.17) is 22.1 Å². The summed E-state index contributed by atoms with van der Waals surface area (Å²) in [6.07, 6.45) is 0. The van der Waals surface area contributed by atoms with Crippen molar-refractivity contribution < 1.29 is 9.13 Å². The predicted octanol–water partition coefficient (Wildman–Crippen LogP) is 3.74. The fourth-order valence-corrected chi connectivity index (χ4v) is 1.80. The number of halogens is 2. The molecule has 0 aliphatic heterocycles. The number of hydrogen-bond donors (Lipinski definition) is 1. The summed E-state index contributed by atoms with van der Waals surface area (Å²) < 4.78 is 18.3. The molecule has 2 nitrogen and oxygen atoms in total. The van der Waals surface area contributed by atoms with Crippen molar-refractivity contribution in [2.75, 3.05) is 12.8 Å². The Kier molecular flexibility index (Phi) is 3.20. The largest absolute Gasteiger partial charge is 0.495 e. The second-order valence-electron chi connectivity index (χ2n) is 3.58. The quantitative estimate of drug-likeness (QED) is 0.826. The molecular weight excluding hydrogens is 241 g/mol. The van der Waals surface area contributed by atoms with Gasteiger partial charge < -0.3 is 10.5 Å². The van der Waals surface area contributed by atoms with Gasteiger partial charge in [-0.2, -0.15) is 0 Å². The Morgan fingerprint density at radius 3 is 2.65 bits per heavy atom. The number of nitrogen functional groups attached to an aromatic ring is 1. The molecule has 0 atom stereocenters. The molecule has 2 aromatic rings. The number of benzene rings is 2. The summed E-state index contributed by atoms with van der Waals surface area (Å²) >= 11 is 5.92. The highest BCUT2D eigenvalue weighted by Gasteiger charge is 2.07. The van der Waals surface area contributed by atoms with Crippen molar-refractivity contribution in [3.63, 3.8) is 0 Å². The molecule has 0 spiro atoms. The molecular formula is C13H11ClFNO. The second-order valence-corrected chi connectivity index (χ2v) is 3.99. The molecule has 0 amide bonds. The molecule has 0 saturated carbocycles. The molecule has 0 unspecified atom stereocenters. The topological polar surface area (TPSA) is 35.2 Å². The smallest absolute Gasteiger partial charge is 0.138 e. The highest BCUT2D eigenvalue weighted by Crippen LogP contribution is 2.33. The van der Waals surface area contributed by atoms with Crippen LogP contribution in [-0.4, -0.2) is 7.11 Å².